The van der Waals surface area contributed by atoms with E-state index in [4.69, 9.17) is 5.73 Å². The Hall–Kier alpha value is -3.04. The molecule has 0 bridgehead atoms. The standard InChI is InChI=1S/C20H22F2N6O/c21-19(22)16(12-23)13-28-20(29)27-8-5-15(11-18(27)25-28)14-1-3-17(4-2-14)26-9-6-24-7-10-26/h1-5,8,11,24H,6-7,9-10,12-13,23H2. The number of hydrogen-bond donors (Lipinski definition) is 2. The van der Waals surface area contributed by atoms with Crippen molar-refractivity contribution in [3.8, 4) is 11.1 Å². The van der Waals surface area contributed by atoms with Crippen molar-refractivity contribution in [1.82, 2.24) is 19.5 Å². The molecule has 0 saturated carbocycles. The van der Waals surface area contributed by atoms with E-state index in [-0.39, 0.29) is 18.7 Å². The molecule has 1 aliphatic heterocycles. The second kappa shape index (κ2) is 8.14. The molecule has 29 heavy (non-hydrogen) atoms. The first-order valence-corrected chi connectivity index (χ1v) is 9.45. The lowest BCUT2D eigenvalue weighted by Crippen LogP contribution is -2.43. The van der Waals surface area contributed by atoms with Crippen molar-refractivity contribution in [2.75, 3.05) is 37.6 Å². The molecule has 3 N–H and O–H groups in total. The first-order chi connectivity index (χ1) is 14.1. The van der Waals surface area contributed by atoms with Gasteiger partial charge in [-0.25, -0.2) is 9.48 Å². The molecule has 2 aromatic heterocycles. The van der Waals surface area contributed by atoms with Crippen LogP contribution in [0.2, 0.25) is 0 Å². The summed E-state index contributed by atoms with van der Waals surface area (Å²) >= 11 is 0. The van der Waals surface area contributed by atoms with Crippen molar-refractivity contribution in [2.45, 2.75) is 6.54 Å². The maximum Gasteiger partial charge on any atom is 0.350 e. The third-order valence-corrected chi connectivity index (χ3v) is 5.12. The number of fused-ring (bicyclic) bond motifs is 1. The zero-order valence-electron chi connectivity index (χ0n) is 15.8. The van der Waals surface area contributed by atoms with Gasteiger partial charge in [0.15, 0.2) is 5.65 Å². The maximum atomic E-state index is 12.9. The van der Waals surface area contributed by atoms with Gasteiger partial charge in [-0.05, 0) is 35.4 Å². The topological polar surface area (TPSA) is 80.6 Å². The molecular formula is C20H22F2N6O. The zero-order chi connectivity index (χ0) is 20.4. The van der Waals surface area contributed by atoms with Gasteiger partial charge in [-0.1, -0.05) is 12.1 Å². The van der Waals surface area contributed by atoms with Gasteiger partial charge in [0.1, 0.15) is 0 Å². The monoisotopic (exact) mass is 400 g/mol. The minimum absolute atomic E-state index is 0.306. The zero-order valence-corrected chi connectivity index (χ0v) is 15.8. The van der Waals surface area contributed by atoms with E-state index in [1.807, 2.05) is 18.2 Å². The van der Waals surface area contributed by atoms with E-state index in [2.05, 4.69) is 27.4 Å². The van der Waals surface area contributed by atoms with Crippen LogP contribution in [0.25, 0.3) is 16.8 Å². The number of nitrogens with one attached hydrogen (secondary N) is 1. The molecule has 0 radical (unpaired) electrons. The summed E-state index contributed by atoms with van der Waals surface area (Å²) in [5.74, 6) is 0. The van der Waals surface area contributed by atoms with Gasteiger partial charge in [-0.15, -0.1) is 5.10 Å². The van der Waals surface area contributed by atoms with Crippen LogP contribution in [-0.2, 0) is 6.54 Å². The van der Waals surface area contributed by atoms with Gasteiger partial charge in [0.2, 0.25) is 0 Å². The molecular weight excluding hydrogens is 378 g/mol. The lowest BCUT2D eigenvalue weighted by atomic mass is 10.1. The molecule has 3 heterocycles. The van der Waals surface area contributed by atoms with Gasteiger partial charge in [0.25, 0.3) is 6.08 Å². The number of pyridine rings is 1. The smallest absolute Gasteiger partial charge is 0.350 e. The van der Waals surface area contributed by atoms with E-state index >= 15 is 0 Å². The van der Waals surface area contributed by atoms with Gasteiger partial charge in [-0.2, -0.15) is 8.78 Å². The summed E-state index contributed by atoms with van der Waals surface area (Å²) in [4.78, 5) is 14.7. The molecule has 0 aliphatic carbocycles. The van der Waals surface area contributed by atoms with Crippen LogP contribution in [0.15, 0.2) is 59.0 Å². The Balaban J connectivity index is 1.62. The minimum atomic E-state index is -1.87. The Morgan fingerprint density at radius 3 is 2.48 bits per heavy atom. The van der Waals surface area contributed by atoms with E-state index in [9.17, 15) is 13.6 Å². The summed E-state index contributed by atoms with van der Waals surface area (Å²) in [6, 6.07) is 11.8. The van der Waals surface area contributed by atoms with Crippen molar-refractivity contribution in [2.24, 2.45) is 5.73 Å². The van der Waals surface area contributed by atoms with Crippen LogP contribution in [0.4, 0.5) is 14.5 Å². The fraction of sp³-hybridized carbons (Fsp3) is 0.300. The number of piperazine rings is 1. The minimum Gasteiger partial charge on any atom is -0.369 e. The van der Waals surface area contributed by atoms with Crippen molar-refractivity contribution in [1.29, 1.82) is 0 Å². The van der Waals surface area contributed by atoms with Gasteiger partial charge in [0, 0.05) is 50.2 Å². The number of aromatic nitrogens is 3. The third kappa shape index (κ3) is 3.92. The number of nitrogens with zero attached hydrogens (tertiary/aromatic N) is 4. The molecule has 0 amide bonds. The first-order valence-electron chi connectivity index (χ1n) is 9.45. The van der Waals surface area contributed by atoms with Crippen LogP contribution in [0, 0.1) is 0 Å². The van der Waals surface area contributed by atoms with Gasteiger partial charge in [0.05, 0.1) is 6.54 Å². The molecule has 1 saturated heterocycles. The van der Waals surface area contributed by atoms with E-state index < -0.39 is 11.8 Å². The molecule has 3 aromatic rings. The number of hydrogen-bond acceptors (Lipinski definition) is 5. The van der Waals surface area contributed by atoms with Crippen molar-refractivity contribution < 1.29 is 8.78 Å². The summed E-state index contributed by atoms with van der Waals surface area (Å²) in [5, 5.41) is 7.53. The molecule has 1 aromatic carbocycles. The van der Waals surface area contributed by atoms with E-state index in [1.54, 1.807) is 12.3 Å². The second-order valence-electron chi connectivity index (χ2n) is 6.94. The van der Waals surface area contributed by atoms with Crippen molar-refractivity contribution in [3.05, 3.63) is 64.7 Å². The van der Waals surface area contributed by atoms with Crippen LogP contribution < -0.4 is 21.6 Å². The Bertz CT molecular complexity index is 1090. The van der Waals surface area contributed by atoms with E-state index in [0.717, 1.165) is 42.0 Å². The molecule has 0 spiro atoms. The van der Waals surface area contributed by atoms with Crippen molar-refractivity contribution >= 4 is 11.3 Å². The molecule has 1 aliphatic rings. The Morgan fingerprint density at radius 1 is 1.10 bits per heavy atom. The fourth-order valence-corrected chi connectivity index (χ4v) is 3.47. The quantitative estimate of drug-likeness (QED) is 0.681. The highest BCUT2D eigenvalue weighted by molar-refractivity contribution is 5.69. The van der Waals surface area contributed by atoms with Gasteiger partial charge in [-0.3, -0.25) is 4.40 Å². The highest BCUT2D eigenvalue weighted by Crippen LogP contribution is 2.24. The predicted molar refractivity (Wildman–Crippen MR) is 108 cm³/mol. The third-order valence-electron chi connectivity index (χ3n) is 5.12. The second-order valence-corrected chi connectivity index (χ2v) is 6.94. The molecule has 9 heteroatoms. The van der Waals surface area contributed by atoms with Crippen LogP contribution >= 0.6 is 0 Å². The number of halogens is 2. The average Bonchev–Trinajstić information content (AvgIpc) is 3.07. The Morgan fingerprint density at radius 2 is 1.83 bits per heavy atom. The number of benzene rings is 1. The van der Waals surface area contributed by atoms with Gasteiger partial charge < -0.3 is 16.0 Å². The summed E-state index contributed by atoms with van der Waals surface area (Å²) in [6.45, 7) is 3.25. The number of nitrogens with two attached hydrogens (primary N) is 1. The molecule has 7 nitrogen and oxygen atoms in total. The molecule has 1 fully saturated rings. The summed E-state index contributed by atoms with van der Waals surface area (Å²) < 4.78 is 28.1. The Kier molecular flexibility index (Phi) is 5.41. The summed E-state index contributed by atoms with van der Waals surface area (Å²) in [5.41, 5.74) is 8.01. The lowest BCUT2D eigenvalue weighted by Gasteiger charge is -2.29. The van der Waals surface area contributed by atoms with Crippen LogP contribution in [0.5, 0.6) is 0 Å². The maximum absolute atomic E-state index is 12.9. The number of rotatable bonds is 5. The highest BCUT2D eigenvalue weighted by atomic mass is 19.3. The van der Waals surface area contributed by atoms with Crippen LogP contribution in [-0.4, -0.2) is 46.9 Å². The van der Waals surface area contributed by atoms with Gasteiger partial charge >= 0.3 is 5.69 Å². The normalized spacial score (nSPS) is 14.4. The largest absolute Gasteiger partial charge is 0.369 e. The SMILES string of the molecule is NCC(Cn1nc2cc(-c3ccc(N4CCNCC4)cc3)ccn2c1=O)=C(F)F. The van der Waals surface area contributed by atoms with E-state index in [0.29, 0.717) is 5.65 Å². The van der Waals surface area contributed by atoms with E-state index in [1.165, 1.54) is 10.1 Å². The lowest BCUT2D eigenvalue weighted by molar-refractivity contribution is 0.400. The molecule has 0 atom stereocenters. The Labute approximate surface area is 166 Å². The summed E-state index contributed by atoms with van der Waals surface area (Å²) in [6.07, 6.45) is -0.264. The first kappa shape index (κ1) is 19.3. The fourth-order valence-electron chi connectivity index (χ4n) is 3.47. The average molecular weight is 400 g/mol. The van der Waals surface area contributed by atoms with Crippen molar-refractivity contribution in [3.63, 3.8) is 0 Å². The van der Waals surface area contributed by atoms with Crippen LogP contribution in [0.3, 0.4) is 0 Å². The highest BCUT2D eigenvalue weighted by Gasteiger charge is 2.13. The van der Waals surface area contributed by atoms with Crippen LogP contribution in [0.1, 0.15) is 0 Å². The summed E-state index contributed by atoms with van der Waals surface area (Å²) in [7, 11) is 0. The molecule has 152 valence electrons. The molecule has 4 rings (SSSR count). The predicted octanol–water partition coefficient (Wildman–Crippen LogP) is 1.68. The molecule has 0 unspecified atom stereocenters. The number of anilines is 1.